The first-order chi connectivity index (χ1) is 18.4. The molecule has 194 valence electrons. The lowest BCUT2D eigenvalue weighted by molar-refractivity contribution is -0.121. The van der Waals surface area contributed by atoms with Gasteiger partial charge in [0.25, 0.3) is 5.91 Å². The normalized spacial score (nSPS) is 18.8. The van der Waals surface area contributed by atoms with E-state index in [1.165, 1.54) is 17.3 Å². The number of hydrogen-bond acceptors (Lipinski definition) is 6. The zero-order valence-corrected chi connectivity index (χ0v) is 22.6. The smallest absolute Gasteiger partial charge is 0.262 e. The Morgan fingerprint density at radius 2 is 1.79 bits per heavy atom. The third-order valence-electron chi connectivity index (χ3n) is 6.29. The van der Waals surface area contributed by atoms with Crippen LogP contribution >= 0.6 is 23.4 Å². The number of nitrogens with one attached hydrogen (secondary N) is 1. The standard InChI is InChI=1S/C29H27ClN4O3S/c1-3-37-23-14-12-22(13-15-23)31-27(35)17-26-28(36)32-29(38-26)34-25(20-6-4-18(2)5-7-20)16-24(33-34)19-8-10-21(30)11-9-19/h4-15,25-26H,3,16-17H2,1-2H3,(H,31,35)/t25-,26-/m1/s1. The van der Waals surface area contributed by atoms with E-state index in [1.807, 2.05) is 43.1 Å². The predicted molar refractivity (Wildman–Crippen MR) is 153 cm³/mol. The molecule has 0 aromatic heterocycles. The van der Waals surface area contributed by atoms with Gasteiger partial charge < -0.3 is 10.1 Å². The van der Waals surface area contributed by atoms with Crippen molar-refractivity contribution in [3.8, 4) is 5.75 Å². The highest BCUT2D eigenvalue weighted by molar-refractivity contribution is 8.15. The lowest BCUT2D eigenvalue weighted by Gasteiger charge is -2.23. The summed E-state index contributed by atoms with van der Waals surface area (Å²) >= 11 is 7.37. The van der Waals surface area contributed by atoms with Crippen LogP contribution in [0.1, 0.15) is 42.5 Å². The second kappa shape index (κ2) is 11.4. The lowest BCUT2D eigenvalue weighted by atomic mass is 9.98. The number of ether oxygens (including phenoxy) is 1. The maximum Gasteiger partial charge on any atom is 0.262 e. The number of hydrogen-bond donors (Lipinski definition) is 1. The van der Waals surface area contributed by atoms with Crippen LogP contribution in [0.15, 0.2) is 82.9 Å². The van der Waals surface area contributed by atoms with Crippen molar-refractivity contribution < 1.29 is 14.3 Å². The molecule has 7 nitrogen and oxygen atoms in total. The van der Waals surface area contributed by atoms with Crippen molar-refractivity contribution in [3.63, 3.8) is 0 Å². The van der Waals surface area contributed by atoms with Crippen molar-refractivity contribution >= 4 is 51.7 Å². The van der Waals surface area contributed by atoms with Gasteiger partial charge in [-0.1, -0.05) is 65.3 Å². The Bertz CT molecular complexity index is 1390. The summed E-state index contributed by atoms with van der Waals surface area (Å²) in [5.41, 5.74) is 4.75. The summed E-state index contributed by atoms with van der Waals surface area (Å²) in [7, 11) is 0. The summed E-state index contributed by atoms with van der Waals surface area (Å²) in [6.07, 6.45) is 0.669. The van der Waals surface area contributed by atoms with Crippen LogP contribution in [0.4, 0.5) is 5.69 Å². The number of thioether (sulfide) groups is 1. The molecule has 38 heavy (non-hydrogen) atoms. The fourth-order valence-corrected chi connectivity index (χ4v) is 5.53. The second-order valence-electron chi connectivity index (χ2n) is 9.08. The van der Waals surface area contributed by atoms with Gasteiger partial charge in [-0.05, 0) is 61.4 Å². The van der Waals surface area contributed by atoms with Crippen LogP contribution in [0.3, 0.4) is 0 Å². The Labute approximate surface area is 230 Å². The van der Waals surface area contributed by atoms with Crippen LogP contribution < -0.4 is 10.1 Å². The molecule has 2 aliphatic heterocycles. The molecule has 2 heterocycles. The van der Waals surface area contributed by atoms with E-state index in [0.29, 0.717) is 28.9 Å². The summed E-state index contributed by atoms with van der Waals surface area (Å²) in [5, 5.41) is 10.1. The van der Waals surface area contributed by atoms with Crippen LogP contribution in [-0.2, 0) is 9.59 Å². The SMILES string of the molecule is CCOc1ccc(NC(=O)C[C@H]2SC(N3N=C(c4ccc(Cl)cc4)C[C@@H]3c3ccc(C)cc3)=NC2=O)cc1. The highest BCUT2D eigenvalue weighted by Crippen LogP contribution is 2.38. The summed E-state index contributed by atoms with van der Waals surface area (Å²) in [5.74, 6) is 0.153. The topological polar surface area (TPSA) is 83.4 Å². The fraction of sp³-hybridized carbons (Fsp3) is 0.241. The maximum absolute atomic E-state index is 12.8. The average molecular weight is 547 g/mol. The number of anilines is 1. The van der Waals surface area contributed by atoms with Gasteiger partial charge in [0, 0.05) is 23.6 Å². The van der Waals surface area contributed by atoms with Gasteiger partial charge in [-0.2, -0.15) is 10.1 Å². The highest BCUT2D eigenvalue weighted by Gasteiger charge is 2.39. The van der Waals surface area contributed by atoms with E-state index in [1.54, 1.807) is 24.3 Å². The molecule has 2 aliphatic rings. The minimum absolute atomic E-state index is 0.0144. The molecule has 1 N–H and O–H groups in total. The molecule has 0 unspecified atom stereocenters. The number of rotatable bonds is 7. The minimum Gasteiger partial charge on any atom is -0.494 e. The molecule has 0 spiro atoms. The number of nitrogens with zero attached hydrogens (tertiary/aromatic N) is 3. The molecule has 0 fully saturated rings. The number of benzene rings is 3. The summed E-state index contributed by atoms with van der Waals surface area (Å²) < 4.78 is 5.44. The Hall–Kier alpha value is -3.62. The van der Waals surface area contributed by atoms with Gasteiger partial charge in [-0.3, -0.25) is 9.59 Å². The number of amides is 2. The van der Waals surface area contributed by atoms with E-state index >= 15 is 0 Å². The predicted octanol–water partition coefficient (Wildman–Crippen LogP) is 6.23. The zero-order valence-electron chi connectivity index (χ0n) is 21.1. The van der Waals surface area contributed by atoms with Crippen LogP contribution in [0, 0.1) is 6.92 Å². The van der Waals surface area contributed by atoms with Gasteiger partial charge in [-0.15, -0.1) is 0 Å². The van der Waals surface area contributed by atoms with Crippen LogP contribution in [0.2, 0.25) is 5.02 Å². The third kappa shape index (κ3) is 5.92. The summed E-state index contributed by atoms with van der Waals surface area (Å²) in [6.45, 7) is 4.53. The van der Waals surface area contributed by atoms with Gasteiger partial charge in [0.15, 0.2) is 5.17 Å². The molecule has 0 saturated carbocycles. The molecular weight excluding hydrogens is 520 g/mol. The van der Waals surface area contributed by atoms with Gasteiger partial charge in [0.1, 0.15) is 11.0 Å². The van der Waals surface area contributed by atoms with Crippen LogP contribution in [-0.4, -0.2) is 39.6 Å². The molecule has 5 rings (SSSR count). The number of amidine groups is 1. The Balaban J connectivity index is 1.31. The first-order valence-corrected chi connectivity index (χ1v) is 13.7. The van der Waals surface area contributed by atoms with E-state index in [0.717, 1.165) is 22.6 Å². The van der Waals surface area contributed by atoms with Gasteiger partial charge in [-0.25, -0.2) is 5.01 Å². The number of carbonyl (C=O) groups excluding carboxylic acids is 2. The van der Waals surface area contributed by atoms with E-state index in [2.05, 4.69) is 34.6 Å². The molecule has 9 heteroatoms. The average Bonchev–Trinajstić information content (AvgIpc) is 3.50. The van der Waals surface area contributed by atoms with Gasteiger partial charge in [0.2, 0.25) is 5.91 Å². The molecule has 3 aromatic rings. The number of aliphatic imine (C=N–C) groups is 1. The van der Waals surface area contributed by atoms with Gasteiger partial charge in [0.05, 0.1) is 18.4 Å². The Kier molecular flexibility index (Phi) is 7.81. The van der Waals surface area contributed by atoms with E-state index < -0.39 is 5.25 Å². The monoisotopic (exact) mass is 546 g/mol. The largest absolute Gasteiger partial charge is 0.494 e. The molecule has 0 saturated heterocycles. The first kappa shape index (κ1) is 26.0. The maximum atomic E-state index is 12.8. The lowest BCUT2D eigenvalue weighted by Crippen LogP contribution is -2.25. The summed E-state index contributed by atoms with van der Waals surface area (Å²) in [4.78, 5) is 29.9. The Morgan fingerprint density at radius 1 is 1.08 bits per heavy atom. The van der Waals surface area contributed by atoms with Crippen molar-refractivity contribution in [1.82, 2.24) is 5.01 Å². The molecule has 0 aliphatic carbocycles. The molecule has 2 amide bonds. The van der Waals surface area contributed by atoms with Crippen molar-refractivity contribution in [3.05, 3.63) is 94.5 Å². The number of hydrazone groups is 1. The first-order valence-electron chi connectivity index (χ1n) is 12.4. The van der Waals surface area contributed by atoms with E-state index in [4.69, 9.17) is 21.4 Å². The van der Waals surface area contributed by atoms with Crippen molar-refractivity contribution in [2.75, 3.05) is 11.9 Å². The highest BCUT2D eigenvalue weighted by atomic mass is 35.5. The van der Waals surface area contributed by atoms with E-state index in [9.17, 15) is 9.59 Å². The molecule has 3 aromatic carbocycles. The quantitative estimate of drug-likeness (QED) is 0.380. The molecule has 0 bridgehead atoms. The van der Waals surface area contributed by atoms with Crippen LogP contribution in [0.5, 0.6) is 5.75 Å². The van der Waals surface area contributed by atoms with Crippen LogP contribution in [0.25, 0.3) is 0 Å². The Morgan fingerprint density at radius 3 is 2.47 bits per heavy atom. The molecule has 0 radical (unpaired) electrons. The van der Waals surface area contributed by atoms with E-state index in [-0.39, 0.29) is 24.3 Å². The number of aryl methyl sites for hydroxylation is 1. The van der Waals surface area contributed by atoms with Crippen molar-refractivity contribution in [2.24, 2.45) is 10.1 Å². The minimum atomic E-state index is -0.610. The summed E-state index contributed by atoms with van der Waals surface area (Å²) in [6, 6.07) is 22.9. The number of halogens is 1. The molecule has 2 atom stereocenters. The zero-order chi connectivity index (χ0) is 26.6. The third-order valence-corrected chi connectivity index (χ3v) is 7.69. The van der Waals surface area contributed by atoms with Gasteiger partial charge >= 0.3 is 0 Å². The second-order valence-corrected chi connectivity index (χ2v) is 10.7. The molecular formula is C29H27ClN4O3S. The van der Waals surface area contributed by atoms with Crippen molar-refractivity contribution in [1.29, 1.82) is 0 Å². The van der Waals surface area contributed by atoms with Crippen molar-refractivity contribution in [2.45, 2.75) is 38.0 Å². The number of carbonyl (C=O) groups is 2. The fourth-order valence-electron chi connectivity index (χ4n) is 4.34.